The topological polar surface area (TPSA) is 185 Å². The van der Waals surface area contributed by atoms with E-state index in [0.29, 0.717) is 25.0 Å². The summed E-state index contributed by atoms with van der Waals surface area (Å²) < 4.78 is 124. The van der Waals surface area contributed by atoms with Gasteiger partial charge in [0.25, 0.3) is 0 Å². The highest BCUT2D eigenvalue weighted by atomic mass is 31.2. The quantitative estimate of drug-likeness (QED) is 0.0355. The van der Waals surface area contributed by atoms with E-state index in [1.807, 2.05) is 238 Å². The third-order valence-corrected chi connectivity index (χ3v) is 19.7. The Kier molecular flexibility index (Phi) is 30.5. The molecule has 0 aromatic heterocycles. The minimum absolute atomic E-state index is 0.0792. The highest BCUT2D eigenvalue weighted by Gasteiger charge is 2.51. The van der Waals surface area contributed by atoms with Gasteiger partial charge in [0.15, 0.2) is 12.6 Å². The number of aliphatic hydroxyl groups excluding tert-OH is 1. The Morgan fingerprint density at radius 2 is 0.718 bits per heavy atom. The zero-order valence-corrected chi connectivity index (χ0v) is 60.0. The Labute approximate surface area is 605 Å². The first-order valence-electron chi connectivity index (χ1n) is 35.5. The van der Waals surface area contributed by atoms with E-state index in [1.54, 1.807) is 0 Å². The van der Waals surface area contributed by atoms with Gasteiger partial charge in [-0.15, -0.1) is 0 Å². The number of methoxy groups -OCH3 is 2. The molecule has 0 spiro atoms. The Hall–Kier alpha value is -7.21. The maximum Gasteiger partial charge on any atom is 0.475 e. The number of fused-ring (bicyclic) bond motifs is 1. The highest BCUT2D eigenvalue weighted by Crippen LogP contribution is 2.54. The average Bonchev–Trinajstić information content (AvgIpc) is 1.68. The van der Waals surface area contributed by atoms with Crippen LogP contribution in [-0.4, -0.2) is 132 Å². The van der Waals surface area contributed by atoms with Gasteiger partial charge in [-0.3, -0.25) is 13.6 Å². The molecule has 2 heterocycles. The number of ether oxygens (including phenoxy) is 13. The van der Waals surface area contributed by atoms with E-state index in [-0.39, 0.29) is 66.1 Å². The molecule has 0 bridgehead atoms. The minimum Gasteiger partial charge on any atom is -0.387 e. The minimum atomic E-state index is -4.77. The van der Waals surface area contributed by atoms with Crippen LogP contribution in [0.4, 0.5) is 0 Å². The van der Waals surface area contributed by atoms with Crippen LogP contribution in [-0.2, 0) is 133 Å². The lowest BCUT2D eigenvalue weighted by Gasteiger charge is -2.35. The molecule has 546 valence electrons. The molecule has 103 heavy (non-hydrogen) atoms. The normalized spacial score (nSPS) is 21.4. The van der Waals surface area contributed by atoms with Gasteiger partial charge in [-0.2, -0.15) is 0 Å². The summed E-state index contributed by atoms with van der Waals surface area (Å²) in [5.41, 5.74) is 7.13. The molecule has 11 rings (SSSR count). The molecule has 0 saturated carbocycles. The Balaban J connectivity index is 0.897. The molecule has 0 aliphatic carbocycles. The second-order valence-electron chi connectivity index (χ2n) is 25.6. The fourth-order valence-electron chi connectivity index (χ4n) is 12.6. The smallest absolute Gasteiger partial charge is 0.387 e. The SMILES string of the molecule is CC[C@H]1O[C@@H](OCC(OCc2ccccc2)C(OCc2ccccc2)C(COP(=O)(OCc2ccccc2)OC2[C@@H](CC)O[C@@H](OCC(OCc3ccccc3)C(OCc3ccccc3)C(COCc3ccc4ccccc4c3)OCc3ccccc3)[C@H]2OC)OCc2ccccc2)[C@@H](OC)C1O. The summed E-state index contributed by atoms with van der Waals surface area (Å²) in [6, 6.07) is 82.9. The molecule has 2 fully saturated rings. The Bertz CT molecular complexity index is 3860. The summed E-state index contributed by atoms with van der Waals surface area (Å²) in [4.78, 5) is 0. The van der Waals surface area contributed by atoms with Crippen molar-refractivity contribution in [2.45, 2.75) is 165 Å². The fraction of sp³-hybridized carbons (Fsp3) is 0.381. The second kappa shape index (κ2) is 40.9. The van der Waals surface area contributed by atoms with E-state index >= 15 is 4.57 Å². The molecule has 18 nitrogen and oxygen atoms in total. The van der Waals surface area contributed by atoms with Gasteiger partial charge >= 0.3 is 7.82 Å². The maximum absolute atomic E-state index is 16.2. The lowest BCUT2D eigenvalue weighted by Crippen LogP contribution is -2.48. The van der Waals surface area contributed by atoms with E-state index in [4.69, 9.17) is 75.2 Å². The first-order chi connectivity index (χ1) is 50.6. The first kappa shape index (κ1) is 76.9. The number of aliphatic hydroxyl groups is 1. The predicted octanol–water partition coefficient (Wildman–Crippen LogP) is 15.3. The van der Waals surface area contributed by atoms with E-state index < -0.39 is 100 Å². The zero-order valence-electron chi connectivity index (χ0n) is 59.1. The van der Waals surface area contributed by atoms with Gasteiger partial charge in [-0.25, -0.2) is 4.57 Å². The molecular formula is C84H97O18P. The molecule has 9 aromatic rings. The maximum atomic E-state index is 16.2. The van der Waals surface area contributed by atoms with Crippen molar-refractivity contribution < 1.29 is 84.8 Å². The van der Waals surface area contributed by atoms with Crippen molar-refractivity contribution in [3.05, 3.63) is 299 Å². The summed E-state index contributed by atoms with van der Waals surface area (Å²) in [5.74, 6) is 0. The molecule has 1 N–H and O–H groups in total. The van der Waals surface area contributed by atoms with Crippen LogP contribution in [0.3, 0.4) is 0 Å². The van der Waals surface area contributed by atoms with E-state index in [1.165, 1.54) is 14.2 Å². The molecule has 0 amide bonds. The summed E-state index contributed by atoms with van der Waals surface area (Å²) in [6.45, 7) is 4.45. The van der Waals surface area contributed by atoms with Crippen molar-refractivity contribution in [3.63, 3.8) is 0 Å². The summed E-state index contributed by atoms with van der Waals surface area (Å²) in [6.07, 6.45) is -11.7. The van der Waals surface area contributed by atoms with Crippen LogP contribution in [0.1, 0.15) is 71.2 Å². The number of phosphoric ester groups is 1. The van der Waals surface area contributed by atoms with Crippen LogP contribution in [0, 0.1) is 0 Å². The number of rotatable bonds is 44. The largest absolute Gasteiger partial charge is 0.475 e. The van der Waals surface area contributed by atoms with Crippen molar-refractivity contribution in [2.75, 3.05) is 40.6 Å². The third-order valence-electron chi connectivity index (χ3n) is 18.3. The van der Waals surface area contributed by atoms with Gasteiger partial charge in [0.05, 0.1) is 91.5 Å². The average molecular weight is 1430 g/mol. The molecule has 9 unspecified atom stereocenters. The van der Waals surface area contributed by atoms with E-state index in [2.05, 4.69) is 30.3 Å². The number of benzene rings is 9. The van der Waals surface area contributed by atoms with Gasteiger partial charge in [0, 0.05) is 14.2 Å². The van der Waals surface area contributed by atoms with Gasteiger partial charge in [-0.05, 0) is 74.2 Å². The van der Waals surface area contributed by atoms with Gasteiger partial charge < -0.3 is 66.7 Å². The predicted molar refractivity (Wildman–Crippen MR) is 391 cm³/mol. The molecule has 0 radical (unpaired) electrons. The van der Waals surface area contributed by atoms with Crippen LogP contribution in [0.2, 0.25) is 0 Å². The second-order valence-corrected chi connectivity index (χ2v) is 27.2. The summed E-state index contributed by atoms with van der Waals surface area (Å²) >= 11 is 0. The van der Waals surface area contributed by atoms with Crippen molar-refractivity contribution in [2.24, 2.45) is 0 Å². The Morgan fingerprint density at radius 3 is 1.14 bits per heavy atom. The van der Waals surface area contributed by atoms with Crippen LogP contribution in [0.5, 0.6) is 0 Å². The molecular weight excluding hydrogens is 1330 g/mol. The fourth-order valence-corrected chi connectivity index (χ4v) is 14.0. The lowest BCUT2D eigenvalue weighted by molar-refractivity contribution is -0.219. The monoisotopic (exact) mass is 1420 g/mol. The van der Waals surface area contributed by atoms with Gasteiger partial charge in [-0.1, -0.05) is 263 Å². The molecule has 9 aromatic carbocycles. The van der Waals surface area contributed by atoms with Crippen molar-refractivity contribution in [1.29, 1.82) is 0 Å². The highest BCUT2D eigenvalue weighted by molar-refractivity contribution is 7.48. The molecule has 19 heteroatoms. The van der Waals surface area contributed by atoms with Crippen LogP contribution >= 0.6 is 7.82 Å². The van der Waals surface area contributed by atoms with Crippen molar-refractivity contribution in [1.82, 2.24) is 0 Å². The molecule has 15 atom stereocenters. The van der Waals surface area contributed by atoms with Gasteiger partial charge in [0.2, 0.25) is 0 Å². The van der Waals surface area contributed by atoms with Crippen LogP contribution in [0.25, 0.3) is 10.8 Å². The van der Waals surface area contributed by atoms with Crippen molar-refractivity contribution >= 4 is 18.6 Å². The first-order valence-corrected chi connectivity index (χ1v) is 37.0. The Morgan fingerprint density at radius 1 is 0.359 bits per heavy atom. The van der Waals surface area contributed by atoms with Crippen LogP contribution < -0.4 is 0 Å². The summed E-state index contributed by atoms with van der Waals surface area (Å²) in [5, 5.41) is 13.5. The zero-order chi connectivity index (χ0) is 71.3. The third kappa shape index (κ3) is 23.1. The van der Waals surface area contributed by atoms with E-state index in [0.717, 1.165) is 49.7 Å². The van der Waals surface area contributed by atoms with Crippen molar-refractivity contribution in [3.8, 4) is 0 Å². The number of hydrogen-bond donors (Lipinski definition) is 1. The van der Waals surface area contributed by atoms with E-state index in [9.17, 15) is 5.11 Å². The summed E-state index contributed by atoms with van der Waals surface area (Å²) in [7, 11) is -1.74. The number of phosphoric acid groups is 1. The standard InChI is InChI=1S/C84H97O18P/c1-5-71-77(85)81(87-3)83(100-71)96-58-75(92-52-63-34-18-9-19-35-63)79(95-55-66-40-24-12-25-41-66)76(93-53-64-36-20-10-21-37-64)60-99-103(86,98-56-67-42-26-13-27-43-67)102-80-72(6-2)101-84(82(80)88-4)97-59-74(91-51-62-32-16-8-17-33-62)78(94-54-65-38-22-11-23-39-65)73(90-50-61-30-14-7-15-31-61)57-89-49-68-46-47-69-44-28-29-45-70(69)48-68/h7-48,71-85H,5-6,49-60H2,1-4H3/t71-,72-,73?,74?,75?,76?,77?,78?,79?,80?,81+,82+,83-,84-,103?/m1/s1. The van der Waals surface area contributed by atoms with Gasteiger partial charge in [0.1, 0.15) is 61.0 Å². The molecule has 2 aliphatic rings. The molecule has 2 saturated heterocycles. The van der Waals surface area contributed by atoms with Crippen LogP contribution in [0.15, 0.2) is 255 Å². The lowest BCUT2D eigenvalue weighted by atomic mass is 10.1. The number of hydrogen-bond acceptors (Lipinski definition) is 18. The molecule has 2 aliphatic heterocycles.